The van der Waals surface area contributed by atoms with Gasteiger partial charge in [0.05, 0.1) is 12.3 Å². The number of nitrogens with zero attached hydrogens (tertiary/aromatic N) is 3. The quantitative estimate of drug-likeness (QED) is 0.664. The van der Waals surface area contributed by atoms with Gasteiger partial charge in [0.15, 0.2) is 0 Å². The number of rotatable bonds is 3. The maximum atomic E-state index is 4.95. The van der Waals surface area contributed by atoms with Crippen molar-refractivity contribution in [3.63, 3.8) is 0 Å². The predicted octanol–water partition coefficient (Wildman–Crippen LogP) is 0.689. The average Bonchev–Trinajstić information content (AvgIpc) is 2.05. The van der Waals surface area contributed by atoms with Crippen LogP contribution in [0.2, 0.25) is 0 Å². The summed E-state index contributed by atoms with van der Waals surface area (Å²) in [5.74, 6) is 0.900. The second kappa shape index (κ2) is 4.01. The molecule has 0 spiro atoms. The Morgan fingerprint density at radius 1 is 1.42 bits per heavy atom. The molecule has 0 amide bonds. The highest BCUT2D eigenvalue weighted by atomic mass is 16.5. The SMILES string of the molecule is COCc1cc(N(C)C)ncn1. The number of hydrogen-bond donors (Lipinski definition) is 0. The minimum atomic E-state index is 0.531. The highest BCUT2D eigenvalue weighted by molar-refractivity contribution is 5.36. The number of aromatic nitrogens is 2. The Morgan fingerprint density at radius 3 is 2.75 bits per heavy atom. The van der Waals surface area contributed by atoms with Crippen molar-refractivity contribution >= 4 is 5.82 Å². The lowest BCUT2D eigenvalue weighted by atomic mass is 10.4. The number of hydrogen-bond acceptors (Lipinski definition) is 4. The summed E-state index contributed by atoms with van der Waals surface area (Å²) in [6.45, 7) is 0.531. The first-order valence-electron chi connectivity index (χ1n) is 3.71. The fourth-order valence-corrected chi connectivity index (χ4v) is 0.857. The van der Waals surface area contributed by atoms with Crippen LogP contribution in [0, 0.1) is 0 Å². The zero-order valence-corrected chi connectivity index (χ0v) is 7.61. The molecule has 1 aromatic heterocycles. The topological polar surface area (TPSA) is 38.2 Å². The molecule has 66 valence electrons. The van der Waals surface area contributed by atoms with Gasteiger partial charge in [-0.05, 0) is 0 Å². The summed E-state index contributed by atoms with van der Waals surface area (Å²) in [7, 11) is 5.54. The zero-order chi connectivity index (χ0) is 8.97. The minimum Gasteiger partial charge on any atom is -0.378 e. The van der Waals surface area contributed by atoms with E-state index in [1.165, 1.54) is 0 Å². The van der Waals surface area contributed by atoms with Crippen molar-refractivity contribution in [1.82, 2.24) is 9.97 Å². The number of methoxy groups -OCH3 is 1. The molecule has 4 heteroatoms. The monoisotopic (exact) mass is 167 g/mol. The van der Waals surface area contributed by atoms with E-state index in [-0.39, 0.29) is 0 Å². The van der Waals surface area contributed by atoms with Crippen LogP contribution < -0.4 is 4.90 Å². The van der Waals surface area contributed by atoms with E-state index < -0.39 is 0 Å². The lowest BCUT2D eigenvalue weighted by Gasteiger charge is -2.10. The van der Waals surface area contributed by atoms with E-state index in [1.54, 1.807) is 13.4 Å². The van der Waals surface area contributed by atoms with E-state index in [1.807, 2.05) is 25.1 Å². The van der Waals surface area contributed by atoms with Gasteiger partial charge in [-0.15, -0.1) is 0 Å². The van der Waals surface area contributed by atoms with Gasteiger partial charge in [-0.1, -0.05) is 0 Å². The molecule has 12 heavy (non-hydrogen) atoms. The Morgan fingerprint density at radius 2 is 2.17 bits per heavy atom. The molecule has 0 aromatic carbocycles. The summed E-state index contributed by atoms with van der Waals surface area (Å²) in [5.41, 5.74) is 0.899. The summed E-state index contributed by atoms with van der Waals surface area (Å²) in [6, 6.07) is 1.91. The van der Waals surface area contributed by atoms with Gasteiger partial charge in [0.2, 0.25) is 0 Å². The summed E-state index contributed by atoms with van der Waals surface area (Å²) in [6.07, 6.45) is 1.55. The van der Waals surface area contributed by atoms with Gasteiger partial charge in [0, 0.05) is 27.3 Å². The van der Waals surface area contributed by atoms with Crippen molar-refractivity contribution in [1.29, 1.82) is 0 Å². The Bertz CT molecular complexity index is 250. The molecule has 0 radical (unpaired) electrons. The average molecular weight is 167 g/mol. The van der Waals surface area contributed by atoms with E-state index in [0.29, 0.717) is 6.61 Å². The molecular formula is C8H13N3O. The highest BCUT2D eigenvalue weighted by Gasteiger charge is 1.98. The largest absolute Gasteiger partial charge is 0.378 e. The predicted molar refractivity (Wildman–Crippen MR) is 47.1 cm³/mol. The third kappa shape index (κ3) is 2.17. The molecule has 0 unspecified atom stereocenters. The van der Waals surface area contributed by atoms with Gasteiger partial charge in [0.1, 0.15) is 12.1 Å². The van der Waals surface area contributed by atoms with E-state index in [4.69, 9.17) is 4.74 Å². The van der Waals surface area contributed by atoms with Crippen molar-refractivity contribution in [2.45, 2.75) is 6.61 Å². The second-order valence-electron chi connectivity index (χ2n) is 2.69. The summed E-state index contributed by atoms with van der Waals surface area (Å²) < 4.78 is 4.95. The minimum absolute atomic E-state index is 0.531. The molecule has 0 N–H and O–H groups in total. The van der Waals surface area contributed by atoms with Gasteiger partial charge < -0.3 is 9.64 Å². The molecule has 1 rings (SSSR count). The summed E-state index contributed by atoms with van der Waals surface area (Å²) in [4.78, 5) is 10.1. The van der Waals surface area contributed by atoms with Crippen molar-refractivity contribution in [2.75, 3.05) is 26.1 Å². The highest BCUT2D eigenvalue weighted by Crippen LogP contribution is 2.07. The molecule has 0 aliphatic heterocycles. The first-order valence-corrected chi connectivity index (χ1v) is 3.71. The lowest BCUT2D eigenvalue weighted by molar-refractivity contribution is 0.181. The molecular weight excluding hydrogens is 154 g/mol. The van der Waals surface area contributed by atoms with Gasteiger partial charge >= 0.3 is 0 Å². The van der Waals surface area contributed by atoms with Crippen molar-refractivity contribution in [2.24, 2.45) is 0 Å². The fraction of sp³-hybridized carbons (Fsp3) is 0.500. The Labute approximate surface area is 72.2 Å². The molecule has 1 aromatic rings. The van der Waals surface area contributed by atoms with E-state index >= 15 is 0 Å². The maximum Gasteiger partial charge on any atom is 0.131 e. The normalized spacial score (nSPS) is 9.92. The van der Waals surface area contributed by atoms with Crippen molar-refractivity contribution < 1.29 is 4.74 Å². The molecule has 4 nitrogen and oxygen atoms in total. The first-order chi connectivity index (χ1) is 5.74. The van der Waals surface area contributed by atoms with E-state index in [9.17, 15) is 0 Å². The van der Waals surface area contributed by atoms with E-state index in [2.05, 4.69) is 9.97 Å². The van der Waals surface area contributed by atoms with Gasteiger partial charge in [0.25, 0.3) is 0 Å². The molecule has 0 aliphatic carbocycles. The standard InChI is InChI=1S/C8H13N3O/c1-11(2)8-4-7(5-12-3)9-6-10-8/h4,6H,5H2,1-3H3. The van der Waals surface area contributed by atoms with Crippen LogP contribution in [0.15, 0.2) is 12.4 Å². The van der Waals surface area contributed by atoms with Gasteiger partial charge in [-0.3, -0.25) is 0 Å². The van der Waals surface area contributed by atoms with Crippen LogP contribution in [-0.4, -0.2) is 31.2 Å². The zero-order valence-electron chi connectivity index (χ0n) is 7.61. The Balaban J connectivity index is 2.81. The van der Waals surface area contributed by atoms with Crippen LogP contribution in [0.5, 0.6) is 0 Å². The molecule has 0 atom stereocenters. The Kier molecular flexibility index (Phi) is 2.99. The van der Waals surface area contributed by atoms with Crippen LogP contribution in [0.25, 0.3) is 0 Å². The number of anilines is 1. The van der Waals surface area contributed by atoms with Crippen molar-refractivity contribution in [3.8, 4) is 0 Å². The number of ether oxygens (including phenoxy) is 1. The Hall–Kier alpha value is -1.16. The molecule has 0 fully saturated rings. The van der Waals surface area contributed by atoms with Crippen molar-refractivity contribution in [3.05, 3.63) is 18.1 Å². The second-order valence-corrected chi connectivity index (χ2v) is 2.69. The molecule has 0 saturated heterocycles. The van der Waals surface area contributed by atoms with Crippen LogP contribution in [-0.2, 0) is 11.3 Å². The fourth-order valence-electron chi connectivity index (χ4n) is 0.857. The molecule has 1 heterocycles. The summed E-state index contributed by atoms with van der Waals surface area (Å²) >= 11 is 0. The van der Waals surface area contributed by atoms with Crippen LogP contribution in [0.4, 0.5) is 5.82 Å². The molecule has 0 saturated carbocycles. The maximum absolute atomic E-state index is 4.95. The van der Waals surface area contributed by atoms with Crippen LogP contribution >= 0.6 is 0 Å². The summed E-state index contributed by atoms with van der Waals surface area (Å²) in [5, 5.41) is 0. The molecule has 0 bridgehead atoms. The first kappa shape index (κ1) is 8.93. The molecule has 0 aliphatic rings. The van der Waals surface area contributed by atoms with Crippen LogP contribution in [0.1, 0.15) is 5.69 Å². The lowest BCUT2D eigenvalue weighted by Crippen LogP contribution is -2.11. The van der Waals surface area contributed by atoms with Gasteiger partial charge in [-0.25, -0.2) is 9.97 Å². The third-order valence-electron chi connectivity index (χ3n) is 1.46. The third-order valence-corrected chi connectivity index (χ3v) is 1.46. The van der Waals surface area contributed by atoms with Crippen LogP contribution in [0.3, 0.4) is 0 Å². The van der Waals surface area contributed by atoms with Gasteiger partial charge in [-0.2, -0.15) is 0 Å². The van der Waals surface area contributed by atoms with E-state index in [0.717, 1.165) is 11.5 Å². The smallest absolute Gasteiger partial charge is 0.131 e.